The molecule has 1 aromatic carbocycles. The standard InChI is InChI=1S/C16H22N2O4/c1-4-22-15-6-5-13(8-14(15)18(20)21)16(19)17-9-11(2)7-12(3)10-17/h5-6,8,11-12H,4,7,9-10H2,1-3H3. The van der Waals surface area contributed by atoms with Crippen LogP contribution in [-0.4, -0.2) is 35.4 Å². The monoisotopic (exact) mass is 306 g/mol. The molecule has 2 unspecified atom stereocenters. The van der Waals surface area contributed by atoms with Crippen molar-refractivity contribution in [2.45, 2.75) is 27.2 Å². The molecule has 1 fully saturated rings. The van der Waals surface area contributed by atoms with Crippen molar-refractivity contribution in [2.75, 3.05) is 19.7 Å². The summed E-state index contributed by atoms with van der Waals surface area (Å²) < 4.78 is 5.25. The van der Waals surface area contributed by atoms with Crippen LogP contribution in [0.4, 0.5) is 5.69 Å². The first-order chi connectivity index (χ1) is 10.4. The Morgan fingerprint density at radius 1 is 1.36 bits per heavy atom. The highest BCUT2D eigenvalue weighted by atomic mass is 16.6. The maximum atomic E-state index is 12.6. The van der Waals surface area contributed by atoms with Crippen molar-refractivity contribution < 1.29 is 14.5 Å². The normalized spacial score (nSPS) is 21.5. The van der Waals surface area contributed by atoms with Gasteiger partial charge >= 0.3 is 5.69 Å². The molecule has 2 atom stereocenters. The zero-order valence-electron chi connectivity index (χ0n) is 13.2. The summed E-state index contributed by atoms with van der Waals surface area (Å²) in [6.07, 6.45) is 1.10. The van der Waals surface area contributed by atoms with Crippen LogP contribution in [0.1, 0.15) is 37.6 Å². The predicted octanol–water partition coefficient (Wildman–Crippen LogP) is 3.11. The zero-order chi connectivity index (χ0) is 16.3. The van der Waals surface area contributed by atoms with Gasteiger partial charge in [0.1, 0.15) is 0 Å². The highest BCUT2D eigenvalue weighted by Crippen LogP contribution is 2.29. The third kappa shape index (κ3) is 3.55. The number of amides is 1. The first-order valence-corrected chi connectivity index (χ1v) is 7.62. The molecule has 120 valence electrons. The molecule has 22 heavy (non-hydrogen) atoms. The minimum Gasteiger partial charge on any atom is -0.487 e. The van der Waals surface area contributed by atoms with Gasteiger partial charge in [-0.1, -0.05) is 13.8 Å². The summed E-state index contributed by atoms with van der Waals surface area (Å²) in [7, 11) is 0. The summed E-state index contributed by atoms with van der Waals surface area (Å²) >= 11 is 0. The molecule has 0 aliphatic carbocycles. The topological polar surface area (TPSA) is 72.7 Å². The Labute approximate surface area is 130 Å². The van der Waals surface area contributed by atoms with Crippen molar-refractivity contribution in [3.63, 3.8) is 0 Å². The number of likely N-dealkylation sites (tertiary alicyclic amines) is 1. The van der Waals surface area contributed by atoms with E-state index in [9.17, 15) is 14.9 Å². The third-order valence-electron chi connectivity index (χ3n) is 3.86. The number of benzene rings is 1. The number of carbonyl (C=O) groups excluding carboxylic acids is 1. The fraction of sp³-hybridized carbons (Fsp3) is 0.562. The molecule has 1 heterocycles. The van der Waals surface area contributed by atoms with Gasteiger partial charge in [0.25, 0.3) is 5.91 Å². The zero-order valence-corrected chi connectivity index (χ0v) is 13.2. The Morgan fingerprint density at radius 2 is 2.00 bits per heavy atom. The molecule has 6 heteroatoms. The van der Waals surface area contributed by atoms with Crippen LogP contribution < -0.4 is 4.74 Å². The van der Waals surface area contributed by atoms with E-state index < -0.39 is 4.92 Å². The molecule has 0 bridgehead atoms. The van der Waals surface area contributed by atoms with Gasteiger partial charge in [-0.2, -0.15) is 0 Å². The van der Waals surface area contributed by atoms with Crippen LogP contribution in [0.3, 0.4) is 0 Å². The summed E-state index contributed by atoms with van der Waals surface area (Å²) in [5.74, 6) is 0.949. The molecular formula is C16H22N2O4. The molecule has 0 spiro atoms. The van der Waals surface area contributed by atoms with E-state index in [1.165, 1.54) is 12.1 Å². The fourth-order valence-corrected chi connectivity index (χ4v) is 3.08. The number of hydrogen-bond donors (Lipinski definition) is 0. The lowest BCUT2D eigenvalue weighted by Gasteiger charge is -2.35. The first-order valence-electron chi connectivity index (χ1n) is 7.62. The van der Waals surface area contributed by atoms with E-state index in [4.69, 9.17) is 4.74 Å². The van der Waals surface area contributed by atoms with Crippen molar-refractivity contribution >= 4 is 11.6 Å². The smallest absolute Gasteiger partial charge is 0.311 e. The molecular weight excluding hydrogens is 284 g/mol. The molecule has 0 radical (unpaired) electrons. The van der Waals surface area contributed by atoms with Gasteiger partial charge in [0.15, 0.2) is 5.75 Å². The summed E-state index contributed by atoms with van der Waals surface area (Å²) in [6, 6.07) is 4.42. The van der Waals surface area contributed by atoms with Crippen LogP contribution in [0, 0.1) is 22.0 Å². The van der Waals surface area contributed by atoms with Gasteiger partial charge in [-0.25, -0.2) is 0 Å². The lowest BCUT2D eigenvalue weighted by Crippen LogP contribution is -2.42. The lowest BCUT2D eigenvalue weighted by atomic mass is 9.91. The van der Waals surface area contributed by atoms with E-state index in [0.717, 1.165) is 6.42 Å². The number of rotatable bonds is 4. The minimum atomic E-state index is -0.511. The maximum Gasteiger partial charge on any atom is 0.311 e. The number of ether oxygens (including phenoxy) is 1. The molecule has 0 saturated carbocycles. The summed E-state index contributed by atoms with van der Waals surface area (Å²) in [5.41, 5.74) is 0.183. The number of nitro benzene ring substituents is 1. The van der Waals surface area contributed by atoms with Gasteiger partial charge < -0.3 is 9.64 Å². The Kier molecular flexibility index (Phi) is 5.00. The van der Waals surface area contributed by atoms with E-state index in [-0.39, 0.29) is 17.3 Å². The van der Waals surface area contributed by atoms with Crippen molar-refractivity contribution in [2.24, 2.45) is 11.8 Å². The van der Waals surface area contributed by atoms with Crippen LogP contribution in [0.15, 0.2) is 18.2 Å². The molecule has 1 aromatic rings. The van der Waals surface area contributed by atoms with Crippen molar-refractivity contribution in [3.05, 3.63) is 33.9 Å². The molecule has 2 rings (SSSR count). The number of carbonyl (C=O) groups is 1. The molecule has 1 aliphatic rings. The second-order valence-corrected chi connectivity index (χ2v) is 6.03. The fourth-order valence-electron chi connectivity index (χ4n) is 3.08. The average molecular weight is 306 g/mol. The summed E-state index contributed by atoms with van der Waals surface area (Å²) in [4.78, 5) is 25.0. The summed E-state index contributed by atoms with van der Waals surface area (Å²) in [5, 5.41) is 11.2. The maximum absolute atomic E-state index is 12.6. The number of hydrogen-bond acceptors (Lipinski definition) is 4. The Balaban J connectivity index is 2.26. The van der Waals surface area contributed by atoms with Crippen molar-refractivity contribution in [1.29, 1.82) is 0 Å². The molecule has 0 aromatic heterocycles. The second kappa shape index (κ2) is 6.77. The van der Waals surface area contributed by atoms with Crippen LogP contribution in [-0.2, 0) is 0 Å². The quantitative estimate of drug-likeness (QED) is 0.633. The highest BCUT2D eigenvalue weighted by molar-refractivity contribution is 5.95. The van der Waals surface area contributed by atoms with Crippen LogP contribution in [0.25, 0.3) is 0 Å². The molecule has 1 amide bonds. The van der Waals surface area contributed by atoms with Crippen molar-refractivity contribution in [3.8, 4) is 5.75 Å². The van der Waals surface area contributed by atoms with Gasteiger partial charge in [-0.05, 0) is 37.3 Å². The summed E-state index contributed by atoms with van der Waals surface area (Å²) in [6.45, 7) is 7.75. The van der Waals surface area contributed by atoms with E-state index >= 15 is 0 Å². The first kappa shape index (κ1) is 16.3. The molecule has 6 nitrogen and oxygen atoms in total. The highest BCUT2D eigenvalue weighted by Gasteiger charge is 2.27. The predicted molar refractivity (Wildman–Crippen MR) is 83.1 cm³/mol. The molecule has 0 N–H and O–H groups in total. The average Bonchev–Trinajstić information content (AvgIpc) is 2.46. The van der Waals surface area contributed by atoms with Gasteiger partial charge in [0.2, 0.25) is 0 Å². The van der Waals surface area contributed by atoms with Crippen LogP contribution >= 0.6 is 0 Å². The van der Waals surface area contributed by atoms with E-state index in [2.05, 4.69) is 13.8 Å². The van der Waals surface area contributed by atoms with Crippen LogP contribution in [0.5, 0.6) is 5.75 Å². The van der Waals surface area contributed by atoms with Gasteiger partial charge in [0, 0.05) is 24.7 Å². The molecule has 1 saturated heterocycles. The number of nitrogens with zero attached hydrogens (tertiary/aromatic N) is 2. The number of piperidine rings is 1. The second-order valence-electron chi connectivity index (χ2n) is 6.03. The van der Waals surface area contributed by atoms with Gasteiger partial charge in [0.05, 0.1) is 11.5 Å². The van der Waals surface area contributed by atoms with E-state index in [1.807, 2.05) is 0 Å². The number of nitro groups is 1. The third-order valence-corrected chi connectivity index (χ3v) is 3.86. The van der Waals surface area contributed by atoms with Gasteiger partial charge in [-0.15, -0.1) is 0 Å². The Bertz CT molecular complexity index is 563. The van der Waals surface area contributed by atoms with Crippen LogP contribution in [0.2, 0.25) is 0 Å². The Morgan fingerprint density at radius 3 is 2.55 bits per heavy atom. The molecule has 1 aliphatic heterocycles. The lowest BCUT2D eigenvalue weighted by molar-refractivity contribution is -0.385. The van der Waals surface area contributed by atoms with E-state index in [1.54, 1.807) is 17.9 Å². The van der Waals surface area contributed by atoms with Crippen molar-refractivity contribution in [1.82, 2.24) is 4.90 Å². The SMILES string of the molecule is CCOc1ccc(C(=O)N2CC(C)CC(C)C2)cc1[N+](=O)[O-]. The largest absolute Gasteiger partial charge is 0.487 e. The Hall–Kier alpha value is -2.11. The van der Waals surface area contributed by atoms with E-state index in [0.29, 0.717) is 37.1 Å². The van der Waals surface area contributed by atoms with Gasteiger partial charge in [-0.3, -0.25) is 14.9 Å². The minimum absolute atomic E-state index is 0.149.